The summed E-state index contributed by atoms with van der Waals surface area (Å²) >= 11 is 0. The van der Waals surface area contributed by atoms with Crippen LogP contribution in [0, 0.1) is 0 Å². The van der Waals surface area contributed by atoms with Gasteiger partial charge in [0.2, 0.25) is 10.0 Å². The SMILES string of the molecule is O=C(Nc1ccccc1S(=O)(=O)N1CCCCC1)c1ccc(Cn2cccn2)cc1. The Kier molecular flexibility index (Phi) is 5.96. The molecule has 0 bridgehead atoms. The van der Waals surface area contributed by atoms with E-state index >= 15 is 0 Å². The molecule has 2 aromatic carbocycles. The fourth-order valence-electron chi connectivity index (χ4n) is 3.58. The van der Waals surface area contributed by atoms with Gasteiger partial charge < -0.3 is 5.32 Å². The van der Waals surface area contributed by atoms with Crippen LogP contribution >= 0.6 is 0 Å². The third-order valence-corrected chi connectivity index (χ3v) is 7.14. The van der Waals surface area contributed by atoms with Gasteiger partial charge in [0.15, 0.2) is 0 Å². The molecule has 1 aliphatic heterocycles. The maximum Gasteiger partial charge on any atom is 0.255 e. The number of carbonyl (C=O) groups excluding carboxylic acids is 1. The summed E-state index contributed by atoms with van der Waals surface area (Å²) in [5, 5.41) is 6.95. The molecule has 3 aromatic rings. The lowest BCUT2D eigenvalue weighted by Crippen LogP contribution is -2.36. The van der Waals surface area contributed by atoms with E-state index in [2.05, 4.69) is 10.4 Å². The van der Waals surface area contributed by atoms with Gasteiger partial charge in [0.1, 0.15) is 4.90 Å². The average Bonchev–Trinajstić information content (AvgIpc) is 3.28. The molecule has 1 fully saturated rings. The molecule has 156 valence electrons. The molecule has 8 heteroatoms. The maximum absolute atomic E-state index is 13.1. The predicted molar refractivity (Wildman–Crippen MR) is 115 cm³/mol. The van der Waals surface area contributed by atoms with Gasteiger partial charge in [-0.2, -0.15) is 9.40 Å². The van der Waals surface area contributed by atoms with E-state index in [1.165, 1.54) is 4.31 Å². The molecule has 2 heterocycles. The molecule has 1 aliphatic rings. The summed E-state index contributed by atoms with van der Waals surface area (Å²) in [5.41, 5.74) is 1.78. The Bertz CT molecular complexity index is 1100. The van der Waals surface area contributed by atoms with Crippen LogP contribution in [0.4, 0.5) is 5.69 Å². The summed E-state index contributed by atoms with van der Waals surface area (Å²) in [5.74, 6) is -0.345. The van der Waals surface area contributed by atoms with Crippen molar-refractivity contribution in [2.75, 3.05) is 18.4 Å². The number of piperidine rings is 1. The first-order valence-electron chi connectivity index (χ1n) is 10.0. The minimum Gasteiger partial charge on any atom is -0.321 e. The van der Waals surface area contributed by atoms with Crippen LogP contribution in [0.1, 0.15) is 35.2 Å². The van der Waals surface area contributed by atoms with E-state index in [4.69, 9.17) is 0 Å². The van der Waals surface area contributed by atoms with Crippen LogP contribution in [-0.2, 0) is 16.6 Å². The second kappa shape index (κ2) is 8.81. The first-order valence-corrected chi connectivity index (χ1v) is 11.4. The summed E-state index contributed by atoms with van der Waals surface area (Å²) in [6.07, 6.45) is 6.36. The Morgan fingerprint density at radius 3 is 2.40 bits per heavy atom. The summed E-state index contributed by atoms with van der Waals surface area (Å²) < 4.78 is 29.5. The van der Waals surface area contributed by atoms with Crippen molar-refractivity contribution in [3.05, 3.63) is 78.1 Å². The highest BCUT2D eigenvalue weighted by Gasteiger charge is 2.28. The van der Waals surface area contributed by atoms with Crippen LogP contribution in [0.3, 0.4) is 0 Å². The molecule has 1 aromatic heterocycles. The quantitative estimate of drug-likeness (QED) is 0.658. The van der Waals surface area contributed by atoms with E-state index in [0.717, 1.165) is 24.8 Å². The Labute approximate surface area is 176 Å². The Morgan fingerprint density at radius 2 is 1.70 bits per heavy atom. The van der Waals surface area contributed by atoms with Gasteiger partial charge in [-0.05, 0) is 48.7 Å². The minimum atomic E-state index is -3.65. The van der Waals surface area contributed by atoms with Crippen LogP contribution in [0.5, 0.6) is 0 Å². The molecule has 30 heavy (non-hydrogen) atoms. The fraction of sp³-hybridized carbons (Fsp3) is 0.273. The normalized spacial score (nSPS) is 15.1. The lowest BCUT2D eigenvalue weighted by atomic mass is 10.1. The molecular formula is C22H24N4O3S. The van der Waals surface area contributed by atoms with Crippen molar-refractivity contribution in [2.24, 2.45) is 0 Å². The van der Waals surface area contributed by atoms with E-state index in [9.17, 15) is 13.2 Å². The topological polar surface area (TPSA) is 84.3 Å². The van der Waals surface area contributed by atoms with Crippen LogP contribution < -0.4 is 5.32 Å². The van der Waals surface area contributed by atoms with Gasteiger partial charge in [-0.3, -0.25) is 9.48 Å². The van der Waals surface area contributed by atoms with Crippen LogP contribution in [0.25, 0.3) is 0 Å². The van der Waals surface area contributed by atoms with E-state index in [1.807, 2.05) is 24.4 Å². The molecule has 0 spiro atoms. The number of carbonyl (C=O) groups is 1. The van der Waals surface area contributed by atoms with E-state index < -0.39 is 10.0 Å². The van der Waals surface area contributed by atoms with Crippen molar-refractivity contribution in [3.63, 3.8) is 0 Å². The van der Waals surface area contributed by atoms with Crippen LogP contribution in [0.2, 0.25) is 0 Å². The van der Waals surface area contributed by atoms with E-state index in [-0.39, 0.29) is 10.8 Å². The molecule has 1 N–H and O–H groups in total. The number of aromatic nitrogens is 2. The van der Waals surface area contributed by atoms with Gasteiger partial charge in [0.25, 0.3) is 5.91 Å². The number of nitrogens with zero attached hydrogens (tertiary/aromatic N) is 3. The van der Waals surface area contributed by atoms with Crippen molar-refractivity contribution in [1.29, 1.82) is 0 Å². The molecule has 0 saturated carbocycles. The van der Waals surface area contributed by atoms with Gasteiger partial charge in [0.05, 0.1) is 12.2 Å². The zero-order chi connectivity index (χ0) is 21.0. The van der Waals surface area contributed by atoms with Crippen LogP contribution in [0.15, 0.2) is 71.9 Å². The van der Waals surface area contributed by atoms with Crippen molar-refractivity contribution >= 4 is 21.6 Å². The van der Waals surface area contributed by atoms with Gasteiger partial charge in [-0.25, -0.2) is 8.42 Å². The number of para-hydroxylation sites is 1. The van der Waals surface area contributed by atoms with Crippen LogP contribution in [-0.4, -0.2) is 41.5 Å². The van der Waals surface area contributed by atoms with E-state index in [1.54, 1.807) is 47.3 Å². The summed E-state index contributed by atoms with van der Waals surface area (Å²) in [6.45, 7) is 1.65. The third kappa shape index (κ3) is 4.44. The second-order valence-electron chi connectivity index (χ2n) is 7.32. The van der Waals surface area contributed by atoms with Crippen molar-refractivity contribution in [1.82, 2.24) is 14.1 Å². The number of hydrogen-bond donors (Lipinski definition) is 1. The number of rotatable bonds is 6. The molecule has 0 aliphatic carbocycles. The first-order chi connectivity index (χ1) is 14.5. The zero-order valence-corrected chi connectivity index (χ0v) is 17.4. The molecule has 0 atom stereocenters. The first kappa shape index (κ1) is 20.3. The maximum atomic E-state index is 13.1. The zero-order valence-electron chi connectivity index (χ0n) is 16.6. The predicted octanol–water partition coefficient (Wildman–Crippen LogP) is 3.36. The number of benzene rings is 2. The molecule has 0 radical (unpaired) electrons. The van der Waals surface area contributed by atoms with Crippen molar-refractivity contribution in [2.45, 2.75) is 30.7 Å². The van der Waals surface area contributed by atoms with Gasteiger partial charge >= 0.3 is 0 Å². The van der Waals surface area contributed by atoms with E-state index in [0.29, 0.717) is 30.9 Å². The molecule has 0 unspecified atom stereocenters. The lowest BCUT2D eigenvalue weighted by molar-refractivity contribution is 0.102. The number of nitrogens with one attached hydrogen (secondary N) is 1. The molecule has 7 nitrogen and oxygen atoms in total. The van der Waals surface area contributed by atoms with Gasteiger partial charge in [0, 0.05) is 31.0 Å². The molecule has 1 amide bonds. The largest absolute Gasteiger partial charge is 0.321 e. The summed E-state index contributed by atoms with van der Waals surface area (Å²) in [7, 11) is -3.65. The number of anilines is 1. The number of hydrogen-bond acceptors (Lipinski definition) is 4. The summed E-state index contributed by atoms with van der Waals surface area (Å²) in [6, 6.07) is 15.6. The lowest BCUT2D eigenvalue weighted by Gasteiger charge is -2.26. The van der Waals surface area contributed by atoms with Crippen molar-refractivity contribution < 1.29 is 13.2 Å². The highest BCUT2D eigenvalue weighted by Crippen LogP contribution is 2.27. The number of sulfonamides is 1. The number of amides is 1. The standard InChI is InChI=1S/C22H24N4O3S/c27-22(19-11-9-18(10-12-19)17-25-14-6-13-23-25)24-20-7-2-3-8-21(20)30(28,29)26-15-4-1-5-16-26/h2-3,6-14H,1,4-5,15-17H2,(H,24,27). The minimum absolute atomic E-state index is 0.135. The summed E-state index contributed by atoms with van der Waals surface area (Å²) in [4.78, 5) is 12.9. The van der Waals surface area contributed by atoms with Gasteiger partial charge in [-0.1, -0.05) is 30.7 Å². The third-order valence-electron chi connectivity index (χ3n) is 5.19. The smallest absolute Gasteiger partial charge is 0.255 e. The highest BCUT2D eigenvalue weighted by molar-refractivity contribution is 7.89. The monoisotopic (exact) mass is 424 g/mol. The Balaban J connectivity index is 1.51. The van der Waals surface area contributed by atoms with Crippen molar-refractivity contribution in [3.8, 4) is 0 Å². The molecule has 4 rings (SSSR count). The van der Waals surface area contributed by atoms with Gasteiger partial charge in [-0.15, -0.1) is 0 Å². The second-order valence-corrected chi connectivity index (χ2v) is 9.22. The molecule has 1 saturated heterocycles. The average molecular weight is 425 g/mol. The Morgan fingerprint density at radius 1 is 0.967 bits per heavy atom. The Hall–Kier alpha value is -2.97. The molecular weight excluding hydrogens is 400 g/mol. The fourth-order valence-corrected chi connectivity index (χ4v) is 5.24. The highest BCUT2D eigenvalue weighted by atomic mass is 32.2.